The highest BCUT2D eigenvalue weighted by Crippen LogP contribution is 2.65. The number of hydrogen-bond donors (Lipinski definition) is 3. The average molecular weight is 605 g/mol. The maximum Gasteiger partial charge on any atom is 0.220 e. The number of nitrogens with zero attached hydrogens (tertiary/aromatic N) is 1. The summed E-state index contributed by atoms with van der Waals surface area (Å²) >= 11 is 0. The van der Waals surface area contributed by atoms with E-state index in [1.54, 1.807) is 6.07 Å². The largest absolute Gasteiger partial charge is 0.504 e. The van der Waals surface area contributed by atoms with E-state index >= 15 is 0 Å². The Balaban J connectivity index is 0.969. The van der Waals surface area contributed by atoms with Gasteiger partial charge < -0.3 is 20.3 Å². The number of aromatic hydroxyl groups is 1. The predicted molar refractivity (Wildman–Crippen MR) is 176 cm³/mol. The number of likely N-dealkylation sites (tertiary alicyclic amines) is 1. The van der Waals surface area contributed by atoms with E-state index < -0.39 is 11.0 Å². The number of carbonyl (C=O) groups excluding carboxylic acids is 1. The van der Waals surface area contributed by atoms with Gasteiger partial charge in [-0.05, 0) is 101 Å². The number of nitrogens with one attached hydrogen (secondary N) is 1. The van der Waals surface area contributed by atoms with Crippen molar-refractivity contribution >= 4 is 5.91 Å². The summed E-state index contributed by atoms with van der Waals surface area (Å²) in [6.45, 7) is 4.25. The van der Waals surface area contributed by atoms with Crippen LogP contribution in [0.25, 0.3) is 0 Å². The second kappa shape index (κ2) is 14.0. The summed E-state index contributed by atoms with van der Waals surface area (Å²) in [5.74, 6) is 1.56. The van der Waals surface area contributed by atoms with Gasteiger partial charge in [-0.15, -0.1) is 0 Å². The first-order valence-electron chi connectivity index (χ1n) is 18.1. The maximum atomic E-state index is 13.2. The zero-order valence-corrected chi connectivity index (χ0v) is 27.1. The normalized spacial score (nSPS) is 30.5. The molecule has 6 rings (SSSR count). The highest BCUT2D eigenvalue weighted by Gasteiger charge is 2.73. The molecule has 1 aromatic rings. The van der Waals surface area contributed by atoms with Crippen molar-refractivity contribution in [2.24, 2.45) is 5.92 Å². The number of unbranched alkanes of at least 4 members (excludes halogenated alkanes) is 8. The van der Waals surface area contributed by atoms with Gasteiger partial charge >= 0.3 is 0 Å². The first-order chi connectivity index (χ1) is 21.5. The molecule has 2 aliphatic heterocycles. The van der Waals surface area contributed by atoms with Crippen LogP contribution in [-0.4, -0.2) is 57.9 Å². The number of carbonyl (C=O) groups is 1. The summed E-state index contributed by atoms with van der Waals surface area (Å²) in [6.07, 6.45) is 27.8. The van der Waals surface area contributed by atoms with Crippen LogP contribution >= 0.6 is 0 Å². The van der Waals surface area contributed by atoms with E-state index in [-0.39, 0.29) is 29.8 Å². The lowest BCUT2D eigenvalue weighted by molar-refractivity contribution is -0.192. The molecule has 1 saturated heterocycles. The van der Waals surface area contributed by atoms with Crippen LogP contribution in [0.5, 0.6) is 11.5 Å². The lowest BCUT2D eigenvalue weighted by Crippen LogP contribution is -2.78. The van der Waals surface area contributed by atoms with Gasteiger partial charge in [0.1, 0.15) is 6.10 Å². The number of allylic oxidation sites excluding steroid dienone is 4. The van der Waals surface area contributed by atoms with Crippen molar-refractivity contribution in [2.75, 3.05) is 13.1 Å². The standard InChI is InChI=1S/C38H56N2O4/c1-2-3-4-5-6-7-8-9-10-11-12-13-14-15-16-17-33(42)39-30-22-23-38(43)32-26-29-20-21-31(41)35-34(29)37(38,36(30)44-35)24-25-40(32)27-28-18-19-28/h6-7,9-10,20-21,28,30,32,36,41,43H,2-5,8,11-19,22-27H2,1H3,(H,39,42)/b7-6+,10-9+/t30-,32-,36+,37+,38-/m1/s1. The molecule has 2 saturated carbocycles. The molecule has 6 heteroatoms. The number of phenolic OH excluding ortho intramolecular Hbond substituents is 1. The smallest absolute Gasteiger partial charge is 0.220 e. The lowest BCUT2D eigenvalue weighted by Gasteiger charge is -2.64. The SMILES string of the molecule is CCCCC/C=C/C/C=C/CCCCCCCC(=O)N[C@@H]1CC[C@@]2(O)[C@H]3Cc4ccc(O)c5c4[C@@]2(CCN3CC2CC2)[C@H]1O5. The number of aliphatic hydroxyl groups is 1. The third-order valence-corrected chi connectivity index (χ3v) is 11.5. The molecule has 2 bridgehead atoms. The molecule has 0 unspecified atom stereocenters. The van der Waals surface area contributed by atoms with Crippen molar-refractivity contribution < 1.29 is 19.7 Å². The van der Waals surface area contributed by atoms with Gasteiger partial charge in [0.05, 0.1) is 17.1 Å². The zero-order valence-electron chi connectivity index (χ0n) is 27.1. The summed E-state index contributed by atoms with van der Waals surface area (Å²) in [7, 11) is 0. The van der Waals surface area contributed by atoms with Crippen LogP contribution in [0.2, 0.25) is 0 Å². The first kappa shape index (κ1) is 31.7. The molecular formula is C38H56N2O4. The van der Waals surface area contributed by atoms with Crippen molar-refractivity contribution in [3.05, 3.63) is 47.6 Å². The Kier molecular flexibility index (Phi) is 10.1. The Morgan fingerprint density at radius 1 is 1.00 bits per heavy atom. The van der Waals surface area contributed by atoms with Crippen molar-refractivity contribution in [3.63, 3.8) is 0 Å². The number of hydrogen-bond acceptors (Lipinski definition) is 5. The van der Waals surface area contributed by atoms with E-state index in [4.69, 9.17) is 4.74 Å². The number of ether oxygens (including phenoxy) is 1. The number of amides is 1. The molecule has 2 heterocycles. The summed E-state index contributed by atoms with van der Waals surface area (Å²) in [4.78, 5) is 15.7. The van der Waals surface area contributed by atoms with E-state index in [2.05, 4.69) is 41.4 Å². The van der Waals surface area contributed by atoms with Gasteiger partial charge in [0.2, 0.25) is 5.91 Å². The monoisotopic (exact) mass is 604 g/mol. The fourth-order valence-electron chi connectivity index (χ4n) is 9.01. The number of piperidine rings is 1. The molecule has 1 amide bonds. The van der Waals surface area contributed by atoms with Gasteiger partial charge in [0.25, 0.3) is 0 Å². The Bertz CT molecular complexity index is 1210. The van der Waals surface area contributed by atoms with Crippen LogP contribution in [-0.2, 0) is 16.6 Å². The van der Waals surface area contributed by atoms with Crippen LogP contribution in [0.4, 0.5) is 0 Å². The van der Waals surface area contributed by atoms with E-state index in [1.807, 2.05) is 6.07 Å². The van der Waals surface area contributed by atoms with E-state index in [9.17, 15) is 15.0 Å². The third kappa shape index (κ3) is 6.23. The molecule has 1 spiro atoms. The highest BCUT2D eigenvalue weighted by atomic mass is 16.5. The number of benzene rings is 1. The van der Waals surface area contributed by atoms with Crippen LogP contribution < -0.4 is 10.1 Å². The minimum atomic E-state index is -0.905. The van der Waals surface area contributed by atoms with E-state index in [0.717, 1.165) is 63.1 Å². The van der Waals surface area contributed by atoms with Gasteiger partial charge in [-0.1, -0.05) is 69.4 Å². The van der Waals surface area contributed by atoms with Crippen LogP contribution in [0.1, 0.15) is 127 Å². The van der Waals surface area contributed by atoms with Crippen molar-refractivity contribution in [1.82, 2.24) is 10.2 Å². The molecule has 44 heavy (non-hydrogen) atoms. The van der Waals surface area contributed by atoms with Crippen LogP contribution in [0.15, 0.2) is 36.4 Å². The average Bonchev–Trinajstić information content (AvgIpc) is 3.76. The maximum absolute atomic E-state index is 13.2. The molecule has 0 aromatic heterocycles. The molecule has 5 aliphatic rings. The quantitative estimate of drug-likeness (QED) is 0.129. The molecular weight excluding hydrogens is 548 g/mol. The molecule has 3 N–H and O–H groups in total. The minimum Gasteiger partial charge on any atom is -0.504 e. The molecule has 0 radical (unpaired) electrons. The Morgan fingerprint density at radius 2 is 1.75 bits per heavy atom. The van der Waals surface area contributed by atoms with Crippen LogP contribution in [0.3, 0.4) is 0 Å². The molecule has 242 valence electrons. The molecule has 5 atom stereocenters. The number of phenols is 1. The van der Waals surface area contributed by atoms with E-state index in [1.165, 1.54) is 63.4 Å². The Hall–Kier alpha value is -2.31. The second-order valence-corrected chi connectivity index (χ2v) is 14.5. The zero-order chi connectivity index (χ0) is 30.6. The summed E-state index contributed by atoms with van der Waals surface area (Å²) in [6, 6.07) is 3.70. The van der Waals surface area contributed by atoms with Crippen molar-refractivity contribution in [1.29, 1.82) is 0 Å². The highest BCUT2D eigenvalue weighted by molar-refractivity contribution is 5.76. The molecule has 6 nitrogen and oxygen atoms in total. The third-order valence-electron chi connectivity index (χ3n) is 11.5. The predicted octanol–water partition coefficient (Wildman–Crippen LogP) is 7.25. The Morgan fingerprint density at radius 3 is 2.52 bits per heavy atom. The van der Waals surface area contributed by atoms with Gasteiger partial charge in [0.15, 0.2) is 11.5 Å². The fraction of sp³-hybridized carbons (Fsp3) is 0.711. The Labute approximate surface area is 265 Å². The lowest BCUT2D eigenvalue weighted by atomic mass is 9.48. The van der Waals surface area contributed by atoms with Gasteiger partial charge in [-0.2, -0.15) is 0 Å². The van der Waals surface area contributed by atoms with Gasteiger partial charge in [0, 0.05) is 24.6 Å². The molecule has 3 fully saturated rings. The summed E-state index contributed by atoms with van der Waals surface area (Å²) < 4.78 is 6.60. The van der Waals surface area contributed by atoms with Gasteiger partial charge in [-0.25, -0.2) is 0 Å². The minimum absolute atomic E-state index is 0.0650. The van der Waals surface area contributed by atoms with Crippen LogP contribution in [0, 0.1) is 5.92 Å². The summed E-state index contributed by atoms with van der Waals surface area (Å²) in [5, 5.41) is 26.8. The fourth-order valence-corrected chi connectivity index (χ4v) is 9.01. The van der Waals surface area contributed by atoms with E-state index in [0.29, 0.717) is 25.0 Å². The van der Waals surface area contributed by atoms with Crippen molar-refractivity contribution in [2.45, 2.75) is 152 Å². The molecule has 3 aliphatic carbocycles. The van der Waals surface area contributed by atoms with Gasteiger partial charge in [-0.3, -0.25) is 9.69 Å². The molecule has 1 aromatic carbocycles. The first-order valence-corrected chi connectivity index (χ1v) is 18.1. The van der Waals surface area contributed by atoms with Crippen molar-refractivity contribution in [3.8, 4) is 11.5 Å². The summed E-state index contributed by atoms with van der Waals surface area (Å²) in [5.41, 5.74) is 0.750. The second-order valence-electron chi connectivity index (χ2n) is 14.5. The topological polar surface area (TPSA) is 82.0 Å². The number of rotatable bonds is 17.